The zero-order valence-electron chi connectivity index (χ0n) is 9.02. The minimum absolute atomic E-state index is 0.358. The van der Waals surface area contributed by atoms with Crippen LogP contribution in [0, 0.1) is 18.3 Å². The van der Waals surface area contributed by atoms with Crippen LogP contribution in [0.2, 0.25) is 0 Å². The van der Waals surface area contributed by atoms with Crippen molar-refractivity contribution < 1.29 is 10.0 Å². The van der Waals surface area contributed by atoms with E-state index in [0.717, 1.165) is 5.56 Å². The van der Waals surface area contributed by atoms with E-state index >= 15 is 0 Å². The minimum Gasteiger partial charge on any atom is -0.423 e. The highest BCUT2D eigenvalue weighted by Crippen LogP contribution is 2.17. The Balaban J connectivity index is 3.49. The summed E-state index contributed by atoms with van der Waals surface area (Å²) in [5, 5.41) is 27.4. The molecule has 78 valence electrons. The molecular weight excluding hydrogens is 191 g/mol. The Kier molecular flexibility index (Phi) is 3.35. The molecule has 0 aliphatic rings. The topological polar surface area (TPSA) is 67.5 Å². The van der Waals surface area contributed by atoms with Gasteiger partial charge < -0.3 is 14.9 Å². The van der Waals surface area contributed by atoms with E-state index < -0.39 is 7.12 Å². The molecule has 15 heavy (non-hydrogen) atoms. The van der Waals surface area contributed by atoms with Crippen molar-refractivity contribution in [3.8, 4) is 6.07 Å². The smallest absolute Gasteiger partial charge is 0.423 e. The number of rotatable bonds is 2. The maximum atomic E-state index is 9.22. The Bertz CT molecular complexity index is 411. The van der Waals surface area contributed by atoms with E-state index in [1.165, 1.54) is 0 Å². The second kappa shape index (κ2) is 4.34. The van der Waals surface area contributed by atoms with Crippen molar-refractivity contribution >= 4 is 18.3 Å². The molecule has 0 aromatic heterocycles. The molecule has 0 aliphatic heterocycles. The van der Waals surface area contributed by atoms with Crippen LogP contribution in [0.4, 0.5) is 5.69 Å². The van der Waals surface area contributed by atoms with Gasteiger partial charge in [-0.1, -0.05) is 11.6 Å². The minimum atomic E-state index is -1.56. The Hall–Kier alpha value is -1.51. The number of benzene rings is 1. The number of nitrogens with zero attached hydrogens (tertiary/aromatic N) is 2. The fraction of sp³-hybridized carbons (Fsp3) is 0.300. The molecule has 0 radical (unpaired) electrons. The van der Waals surface area contributed by atoms with Crippen LogP contribution < -0.4 is 10.4 Å². The molecule has 0 fully saturated rings. The van der Waals surface area contributed by atoms with Crippen LogP contribution in [-0.4, -0.2) is 31.3 Å². The maximum Gasteiger partial charge on any atom is 0.490 e. The first-order chi connectivity index (χ1) is 6.97. The van der Waals surface area contributed by atoms with Gasteiger partial charge in [0.25, 0.3) is 0 Å². The summed E-state index contributed by atoms with van der Waals surface area (Å²) in [4.78, 5) is 1.70. The van der Waals surface area contributed by atoms with Crippen LogP contribution in [0.5, 0.6) is 0 Å². The van der Waals surface area contributed by atoms with Crippen LogP contribution in [0.3, 0.4) is 0 Å². The van der Waals surface area contributed by atoms with Gasteiger partial charge in [0.05, 0.1) is 11.3 Å². The van der Waals surface area contributed by atoms with E-state index in [1.54, 1.807) is 31.1 Å². The summed E-state index contributed by atoms with van der Waals surface area (Å²) in [6.07, 6.45) is 0. The average Bonchev–Trinajstić information content (AvgIpc) is 2.15. The van der Waals surface area contributed by atoms with Gasteiger partial charge in [-0.2, -0.15) is 5.26 Å². The quantitative estimate of drug-likeness (QED) is 0.644. The standard InChI is InChI=1S/C10H13BN2O2/c1-7-4-8(6-12)10(13(2)3)9(5-7)11(14)15/h4-5,14-15H,1-3H3. The fourth-order valence-electron chi connectivity index (χ4n) is 1.59. The Morgan fingerprint density at radius 3 is 2.33 bits per heavy atom. The number of aryl methyl sites for hydroxylation is 1. The zero-order valence-corrected chi connectivity index (χ0v) is 9.02. The van der Waals surface area contributed by atoms with Crippen LogP contribution in [0.25, 0.3) is 0 Å². The molecule has 1 aromatic rings. The largest absolute Gasteiger partial charge is 0.490 e. The lowest BCUT2D eigenvalue weighted by Crippen LogP contribution is -2.35. The highest BCUT2D eigenvalue weighted by atomic mass is 16.4. The highest BCUT2D eigenvalue weighted by Gasteiger charge is 2.20. The third-order valence-corrected chi connectivity index (χ3v) is 2.13. The summed E-state index contributed by atoms with van der Waals surface area (Å²) in [5.74, 6) is 0. The van der Waals surface area contributed by atoms with Crippen LogP contribution >= 0.6 is 0 Å². The van der Waals surface area contributed by atoms with Crippen molar-refractivity contribution in [2.45, 2.75) is 6.92 Å². The van der Waals surface area contributed by atoms with E-state index in [4.69, 9.17) is 5.26 Å². The molecule has 0 heterocycles. The lowest BCUT2D eigenvalue weighted by Gasteiger charge is -2.19. The molecule has 0 amide bonds. The van der Waals surface area contributed by atoms with Gasteiger partial charge in [-0.3, -0.25) is 0 Å². The molecule has 0 atom stereocenters. The van der Waals surface area contributed by atoms with Crippen molar-refractivity contribution in [1.29, 1.82) is 5.26 Å². The number of hydrogen-bond donors (Lipinski definition) is 2. The van der Waals surface area contributed by atoms with Crippen LogP contribution in [0.15, 0.2) is 12.1 Å². The SMILES string of the molecule is Cc1cc(C#N)c(N(C)C)c(B(O)O)c1. The van der Waals surface area contributed by atoms with Crippen molar-refractivity contribution in [1.82, 2.24) is 0 Å². The second-order valence-electron chi connectivity index (χ2n) is 3.63. The monoisotopic (exact) mass is 204 g/mol. The molecule has 0 unspecified atom stereocenters. The predicted molar refractivity (Wildman–Crippen MR) is 60.0 cm³/mol. The predicted octanol–water partition coefficient (Wildman–Crippen LogP) is -0.388. The van der Waals surface area contributed by atoms with Gasteiger partial charge >= 0.3 is 7.12 Å². The number of nitriles is 1. The average molecular weight is 204 g/mol. The zero-order chi connectivity index (χ0) is 11.6. The molecular formula is C10H13BN2O2. The summed E-state index contributed by atoms with van der Waals surface area (Å²) >= 11 is 0. The third kappa shape index (κ3) is 2.29. The van der Waals surface area contributed by atoms with Gasteiger partial charge in [-0.15, -0.1) is 0 Å². The molecule has 0 bridgehead atoms. The van der Waals surface area contributed by atoms with E-state index in [9.17, 15) is 10.0 Å². The van der Waals surface area contributed by atoms with Crippen LogP contribution in [-0.2, 0) is 0 Å². The summed E-state index contributed by atoms with van der Waals surface area (Å²) < 4.78 is 0. The lowest BCUT2D eigenvalue weighted by molar-refractivity contribution is 0.426. The molecule has 0 spiro atoms. The molecule has 1 aromatic carbocycles. The first-order valence-electron chi connectivity index (χ1n) is 4.55. The first kappa shape index (κ1) is 11.6. The summed E-state index contributed by atoms with van der Waals surface area (Å²) in [6, 6.07) is 5.44. The summed E-state index contributed by atoms with van der Waals surface area (Å²) in [6.45, 7) is 1.81. The normalized spacial score (nSPS) is 9.60. The number of hydrogen-bond acceptors (Lipinski definition) is 4. The van der Waals surface area contributed by atoms with Gasteiger partial charge in [0, 0.05) is 19.6 Å². The van der Waals surface area contributed by atoms with Gasteiger partial charge in [-0.05, 0) is 13.0 Å². The summed E-state index contributed by atoms with van der Waals surface area (Å²) in [5.41, 5.74) is 2.19. The number of anilines is 1. The highest BCUT2D eigenvalue weighted by molar-refractivity contribution is 6.60. The molecule has 0 aliphatic carbocycles. The Morgan fingerprint density at radius 1 is 1.33 bits per heavy atom. The Morgan fingerprint density at radius 2 is 1.93 bits per heavy atom. The van der Waals surface area contributed by atoms with Gasteiger partial charge in [0.1, 0.15) is 6.07 Å². The molecule has 5 heteroatoms. The van der Waals surface area contributed by atoms with Gasteiger partial charge in [0.2, 0.25) is 0 Å². The van der Waals surface area contributed by atoms with Crippen molar-refractivity contribution in [2.24, 2.45) is 0 Å². The van der Waals surface area contributed by atoms with E-state index in [-0.39, 0.29) is 0 Å². The van der Waals surface area contributed by atoms with Gasteiger partial charge in [-0.25, -0.2) is 0 Å². The van der Waals surface area contributed by atoms with Crippen molar-refractivity contribution in [3.05, 3.63) is 23.3 Å². The summed E-state index contributed by atoms with van der Waals surface area (Å²) in [7, 11) is 1.96. The molecule has 4 nitrogen and oxygen atoms in total. The second-order valence-corrected chi connectivity index (χ2v) is 3.63. The Labute approximate surface area is 89.5 Å². The maximum absolute atomic E-state index is 9.22. The molecule has 1 rings (SSSR count). The van der Waals surface area contributed by atoms with Crippen molar-refractivity contribution in [2.75, 3.05) is 19.0 Å². The van der Waals surface area contributed by atoms with E-state index in [1.807, 2.05) is 13.0 Å². The molecule has 2 N–H and O–H groups in total. The third-order valence-electron chi connectivity index (χ3n) is 2.13. The lowest BCUT2D eigenvalue weighted by atomic mass is 9.77. The van der Waals surface area contributed by atoms with Gasteiger partial charge in [0.15, 0.2) is 0 Å². The molecule has 0 saturated heterocycles. The van der Waals surface area contributed by atoms with Crippen LogP contribution in [0.1, 0.15) is 11.1 Å². The fourth-order valence-corrected chi connectivity index (χ4v) is 1.59. The first-order valence-corrected chi connectivity index (χ1v) is 4.55. The molecule has 0 saturated carbocycles. The van der Waals surface area contributed by atoms with E-state index in [2.05, 4.69) is 0 Å². The van der Waals surface area contributed by atoms with Crippen molar-refractivity contribution in [3.63, 3.8) is 0 Å². The van der Waals surface area contributed by atoms with E-state index in [0.29, 0.717) is 16.7 Å².